The van der Waals surface area contributed by atoms with E-state index in [1.54, 1.807) is 11.0 Å². The zero-order chi connectivity index (χ0) is 27.1. The van der Waals surface area contributed by atoms with Crippen molar-refractivity contribution in [2.75, 3.05) is 31.6 Å². The number of benzene rings is 2. The van der Waals surface area contributed by atoms with Gasteiger partial charge in [-0.15, -0.1) is 5.10 Å². The fraction of sp³-hybridized carbons (Fsp3) is 0.357. The van der Waals surface area contributed by atoms with Gasteiger partial charge in [0.1, 0.15) is 18.0 Å². The second-order valence-electron chi connectivity index (χ2n) is 9.97. The minimum Gasteiger partial charge on any atom is -0.491 e. The largest absolute Gasteiger partial charge is 0.491 e. The molecule has 1 aliphatic rings. The Kier molecular flexibility index (Phi) is 8.42. The third-order valence-electron chi connectivity index (χ3n) is 5.69. The van der Waals surface area contributed by atoms with Gasteiger partial charge in [-0.3, -0.25) is 0 Å². The summed E-state index contributed by atoms with van der Waals surface area (Å²) in [4.78, 5) is 24.9. The van der Waals surface area contributed by atoms with E-state index >= 15 is 0 Å². The molecule has 2 N–H and O–H groups in total. The molecule has 0 aliphatic carbocycles. The summed E-state index contributed by atoms with van der Waals surface area (Å²) in [7, 11) is 0. The standard InChI is InChI=1S/C28H32N4O6/c1-28(2,3)38-27(35)32-17-23(18-32)37-15-14-36-22-10-6-20(7-11-22)16-19-4-8-21(9-5-19)30-24-12-13-29-31-25(24)26(33)34/h4-13,23H,14-18H2,1-3H3,(H,29,30)(H,33,34). The lowest BCUT2D eigenvalue weighted by atomic mass is 10.0. The molecule has 2 aromatic carbocycles. The van der Waals surface area contributed by atoms with Crippen LogP contribution in [0.5, 0.6) is 5.75 Å². The highest BCUT2D eigenvalue weighted by atomic mass is 16.6. The SMILES string of the molecule is CC(C)(C)OC(=O)N1CC(OCCOc2ccc(Cc3ccc(Nc4ccnnc4C(=O)O)cc3)cc2)C1. The molecule has 1 amide bonds. The molecular formula is C28H32N4O6. The Labute approximate surface area is 221 Å². The minimum absolute atomic E-state index is 0.00988. The van der Waals surface area contributed by atoms with Crippen molar-refractivity contribution >= 4 is 23.4 Å². The maximum atomic E-state index is 12.0. The van der Waals surface area contributed by atoms with Crippen LogP contribution in [0.25, 0.3) is 0 Å². The molecule has 4 rings (SSSR count). The molecule has 38 heavy (non-hydrogen) atoms. The first-order valence-corrected chi connectivity index (χ1v) is 12.4. The number of likely N-dealkylation sites (tertiary alicyclic amines) is 1. The molecule has 1 fully saturated rings. The van der Waals surface area contributed by atoms with Gasteiger partial charge in [0.25, 0.3) is 0 Å². The van der Waals surface area contributed by atoms with Crippen LogP contribution in [0.15, 0.2) is 60.8 Å². The van der Waals surface area contributed by atoms with Gasteiger partial charge < -0.3 is 29.5 Å². The van der Waals surface area contributed by atoms with Crippen LogP contribution >= 0.6 is 0 Å². The summed E-state index contributed by atoms with van der Waals surface area (Å²) in [6.45, 7) is 7.48. The van der Waals surface area contributed by atoms with Crippen molar-refractivity contribution in [2.24, 2.45) is 0 Å². The highest BCUT2D eigenvalue weighted by Crippen LogP contribution is 2.21. The van der Waals surface area contributed by atoms with Crippen LogP contribution in [-0.2, 0) is 15.9 Å². The number of carbonyl (C=O) groups is 2. The Bertz CT molecular complexity index is 1240. The van der Waals surface area contributed by atoms with Gasteiger partial charge in [0, 0.05) is 5.69 Å². The summed E-state index contributed by atoms with van der Waals surface area (Å²) in [5.41, 5.74) is 2.77. The molecule has 1 aliphatic heterocycles. The van der Waals surface area contributed by atoms with E-state index in [0.717, 1.165) is 29.0 Å². The normalized spacial score (nSPS) is 13.5. The Hall–Kier alpha value is -4.18. The summed E-state index contributed by atoms with van der Waals surface area (Å²) < 4.78 is 16.9. The fourth-order valence-electron chi connectivity index (χ4n) is 3.78. The van der Waals surface area contributed by atoms with Crippen molar-refractivity contribution in [3.63, 3.8) is 0 Å². The van der Waals surface area contributed by atoms with E-state index in [1.807, 2.05) is 69.3 Å². The second kappa shape index (κ2) is 11.9. The number of amides is 1. The lowest BCUT2D eigenvalue weighted by Gasteiger charge is -2.39. The molecule has 0 spiro atoms. The number of nitrogens with one attached hydrogen (secondary N) is 1. The Morgan fingerprint density at radius 1 is 1.00 bits per heavy atom. The molecule has 10 nitrogen and oxygen atoms in total. The van der Waals surface area contributed by atoms with Crippen molar-refractivity contribution in [3.05, 3.63) is 77.6 Å². The lowest BCUT2D eigenvalue weighted by molar-refractivity contribution is -0.0679. The van der Waals surface area contributed by atoms with Crippen molar-refractivity contribution in [2.45, 2.75) is 38.9 Å². The topological polar surface area (TPSA) is 123 Å². The highest BCUT2D eigenvalue weighted by Gasteiger charge is 2.34. The third-order valence-corrected chi connectivity index (χ3v) is 5.69. The average molecular weight is 521 g/mol. The maximum Gasteiger partial charge on any atom is 0.410 e. The first-order chi connectivity index (χ1) is 18.2. The molecular weight excluding hydrogens is 488 g/mol. The number of rotatable bonds is 10. The first kappa shape index (κ1) is 26.9. The van der Waals surface area contributed by atoms with Crippen LogP contribution < -0.4 is 10.1 Å². The summed E-state index contributed by atoms with van der Waals surface area (Å²) in [5.74, 6) is -0.372. The lowest BCUT2D eigenvalue weighted by Crippen LogP contribution is -2.56. The van der Waals surface area contributed by atoms with E-state index in [4.69, 9.17) is 14.2 Å². The van der Waals surface area contributed by atoms with E-state index in [1.165, 1.54) is 6.20 Å². The van der Waals surface area contributed by atoms with E-state index < -0.39 is 11.6 Å². The van der Waals surface area contributed by atoms with Gasteiger partial charge in [0.15, 0.2) is 5.69 Å². The van der Waals surface area contributed by atoms with Crippen LogP contribution in [0.2, 0.25) is 0 Å². The van der Waals surface area contributed by atoms with Crippen LogP contribution in [-0.4, -0.2) is 70.3 Å². The number of aromatic nitrogens is 2. The van der Waals surface area contributed by atoms with Crippen LogP contribution in [0, 0.1) is 0 Å². The number of anilines is 2. The van der Waals surface area contributed by atoms with Crippen LogP contribution in [0.4, 0.5) is 16.2 Å². The van der Waals surface area contributed by atoms with Gasteiger partial charge in [-0.1, -0.05) is 24.3 Å². The van der Waals surface area contributed by atoms with Crippen molar-refractivity contribution in [1.29, 1.82) is 0 Å². The predicted molar refractivity (Wildman–Crippen MR) is 141 cm³/mol. The fourth-order valence-corrected chi connectivity index (χ4v) is 3.78. The molecule has 200 valence electrons. The number of carboxylic acids is 1. The molecule has 0 unspecified atom stereocenters. The zero-order valence-corrected chi connectivity index (χ0v) is 21.7. The Morgan fingerprint density at radius 3 is 2.29 bits per heavy atom. The second-order valence-corrected chi connectivity index (χ2v) is 9.97. The van der Waals surface area contributed by atoms with Crippen LogP contribution in [0.3, 0.4) is 0 Å². The molecule has 0 saturated carbocycles. The van der Waals surface area contributed by atoms with Crippen molar-refractivity contribution in [3.8, 4) is 5.75 Å². The molecule has 0 bridgehead atoms. The van der Waals surface area contributed by atoms with Gasteiger partial charge in [-0.05, 0) is 68.7 Å². The van der Waals surface area contributed by atoms with Gasteiger partial charge >= 0.3 is 12.1 Å². The number of nitrogens with zero attached hydrogens (tertiary/aromatic N) is 3. The smallest absolute Gasteiger partial charge is 0.410 e. The molecule has 10 heteroatoms. The average Bonchev–Trinajstić information content (AvgIpc) is 2.84. The Balaban J connectivity index is 1.17. The molecule has 1 aromatic heterocycles. The van der Waals surface area contributed by atoms with Crippen LogP contribution in [0.1, 0.15) is 42.4 Å². The van der Waals surface area contributed by atoms with Crippen molar-refractivity contribution < 1.29 is 28.9 Å². The van der Waals surface area contributed by atoms with Gasteiger partial charge in [-0.25, -0.2) is 9.59 Å². The number of aromatic carboxylic acids is 1. The Morgan fingerprint density at radius 2 is 1.66 bits per heavy atom. The van der Waals surface area contributed by atoms with E-state index in [2.05, 4.69) is 15.5 Å². The zero-order valence-electron chi connectivity index (χ0n) is 21.7. The molecule has 1 saturated heterocycles. The maximum absolute atomic E-state index is 12.0. The number of carbonyl (C=O) groups excluding carboxylic acids is 1. The van der Waals surface area contributed by atoms with Gasteiger partial charge in [0.2, 0.25) is 0 Å². The summed E-state index contributed by atoms with van der Waals surface area (Å²) >= 11 is 0. The van der Waals surface area contributed by atoms with Gasteiger partial charge in [0.05, 0.1) is 37.7 Å². The summed E-state index contributed by atoms with van der Waals surface area (Å²) in [6.07, 6.45) is 1.89. The third kappa shape index (κ3) is 7.66. The molecule has 0 radical (unpaired) electrons. The van der Waals surface area contributed by atoms with Crippen molar-refractivity contribution in [1.82, 2.24) is 15.1 Å². The predicted octanol–water partition coefficient (Wildman–Crippen LogP) is 4.52. The van der Waals surface area contributed by atoms with E-state index in [9.17, 15) is 14.7 Å². The van der Waals surface area contributed by atoms with Gasteiger partial charge in [-0.2, -0.15) is 5.10 Å². The molecule has 3 aromatic rings. The first-order valence-electron chi connectivity index (χ1n) is 12.4. The van der Waals surface area contributed by atoms with E-state index in [-0.39, 0.29) is 17.9 Å². The number of hydrogen-bond donors (Lipinski definition) is 2. The number of hydrogen-bond acceptors (Lipinski definition) is 8. The molecule has 0 atom stereocenters. The summed E-state index contributed by atoms with van der Waals surface area (Å²) in [6, 6.07) is 17.3. The number of ether oxygens (including phenoxy) is 3. The molecule has 2 heterocycles. The quantitative estimate of drug-likeness (QED) is 0.371. The summed E-state index contributed by atoms with van der Waals surface area (Å²) in [5, 5.41) is 19.6. The minimum atomic E-state index is -1.14. The monoisotopic (exact) mass is 520 g/mol. The highest BCUT2D eigenvalue weighted by molar-refractivity contribution is 5.92. The number of carboxylic acid groups (broad SMARTS) is 1. The van der Waals surface area contributed by atoms with E-state index in [0.29, 0.717) is 32.0 Å².